The third kappa shape index (κ3) is 4.82. The number of aromatic nitrogens is 3. The van der Waals surface area contributed by atoms with Gasteiger partial charge in [0.2, 0.25) is 5.91 Å². The molecule has 3 aromatic rings. The van der Waals surface area contributed by atoms with Crippen molar-refractivity contribution in [2.75, 3.05) is 18.4 Å². The van der Waals surface area contributed by atoms with Gasteiger partial charge in [0, 0.05) is 55.1 Å². The van der Waals surface area contributed by atoms with Crippen molar-refractivity contribution in [3.8, 4) is 11.3 Å². The van der Waals surface area contributed by atoms with Crippen LogP contribution in [0.1, 0.15) is 44.3 Å². The van der Waals surface area contributed by atoms with Crippen LogP contribution in [0.4, 0.5) is 11.5 Å². The number of benzene rings is 1. The minimum absolute atomic E-state index is 0.137. The van der Waals surface area contributed by atoms with E-state index >= 15 is 0 Å². The van der Waals surface area contributed by atoms with Crippen LogP contribution in [0.2, 0.25) is 0 Å². The van der Waals surface area contributed by atoms with Crippen LogP contribution >= 0.6 is 0 Å². The number of amides is 1. The molecule has 0 unspecified atom stereocenters. The van der Waals surface area contributed by atoms with Gasteiger partial charge >= 0.3 is 0 Å². The summed E-state index contributed by atoms with van der Waals surface area (Å²) in [5.74, 6) is 1.92. The van der Waals surface area contributed by atoms with Gasteiger partial charge in [0.05, 0.1) is 5.69 Å². The number of likely N-dealkylation sites (tertiary alicyclic amines) is 1. The lowest BCUT2D eigenvalue weighted by atomic mass is 9.96. The molecular formula is C24H27N5O. The largest absolute Gasteiger partial charge is 0.342 e. The van der Waals surface area contributed by atoms with Crippen LogP contribution in [0, 0.1) is 0 Å². The molecule has 0 bridgehead atoms. The van der Waals surface area contributed by atoms with Crippen molar-refractivity contribution in [2.45, 2.75) is 38.5 Å². The second-order valence-electron chi connectivity index (χ2n) is 7.65. The second kappa shape index (κ2) is 9.48. The van der Waals surface area contributed by atoms with Crippen LogP contribution in [-0.2, 0) is 4.79 Å². The third-order valence-corrected chi connectivity index (χ3v) is 5.37. The molecular weight excluding hydrogens is 374 g/mol. The van der Waals surface area contributed by atoms with E-state index in [0.717, 1.165) is 54.4 Å². The van der Waals surface area contributed by atoms with Crippen molar-refractivity contribution >= 4 is 17.4 Å². The Morgan fingerprint density at radius 1 is 1.13 bits per heavy atom. The number of nitrogens with zero attached hydrogens (tertiary/aromatic N) is 4. The molecule has 154 valence electrons. The van der Waals surface area contributed by atoms with Gasteiger partial charge in [-0.1, -0.05) is 25.1 Å². The SMILES string of the molecule is CCCC(=O)N1CCC[C@@H](c2nc(Nc3ccccc3)cc(-c3ccncc3)n2)C1. The monoisotopic (exact) mass is 401 g/mol. The number of piperidine rings is 1. The zero-order valence-corrected chi connectivity index (χ0v) is 17.3. The van der Waals surface area contributed by atoms with Gasteiger partial charge in [-0.05, 0) is 43.5 Å². The van der Waals surface area contributed by atoms with Crippen LogP contribution in [0.3, 0.4) is 0 Å². The Morgan fingerprint density at radius 2 is 1.93 bits per heavy atom. The second-order valence-corrected chi connectivity index (χ2v) is 7.65. The van der Waals surface area contributed by atoms with Crippen molar-refractivity contribution in [1.29, 1.82) is 0 Å². The average molecular weight is 402 g/mol. The van der Waals surface area contributed by atoms with Crippen molar-refractivity contribution in [1.82, 2.24) is 19.9 Å². The van der Waals surface area contributed by atoms with E-state index in [9.17, 15) is 4.79 Å². The molecule has 1 aliphatic rings. The first kappa shape index (κ1) is 20.0. The fraction of sp³-hybridized carbons (Fsp3) is 0.333. The average Bonchev–Trinajstić information content (AvgIpc) is 2.80. The van der Waals surface area contributed by atoms with E-state index in [1.165, 1.54) is 0 Å². The van der Waals surface area contributed by atoms with Gasteiger partial charge in [-0.15, -0.1) is 0 Å². The topological polar surface area (TPSA) is 71.0 Å². The van der Waals surface area contributed by atoms with Gasteiger partial charge in [0.25, 0.3) is 0 Å². The first-order valence-electron chi connectivity index (χ1n) is 10.6. The summed E-state index contributed by atoms with van der Waals surface area (Å²) in [6.45, 7) is 3.56. The Kier molecular flexibility index (Phi) is 6.32. The zero-order valence-electron chi connectivity index (χ0n) is 17.3. The van der Waals surface area contributed by atoms with Crippen LogP contribution < -0.4 is 5.32 Å². The Labute approximate surface area is 177 Å². The fourth-order valence-electron chi connectivity index (χ4n) is 3.84. The number of hydrogen-bond acceptors (Lipinski definition) is 5. The third-order valence-electron chi connectivity index (χ3n) is 5.37. The maximum Gasteiger partial charge on any atom is 0.222 e. The number of nitrogens with one attached hydrogen (secondary N) is 1. The van der Waals surface area contributed by atoms with Crippen LogP contribution in [0.25, 0.3) is 11.3 Å². The number of hydrogen-bond donors (Lipinski definition) is 1. The molecule has 1 amide bonds. The van der Waals surface area contributed by atoms with Crippen LogP contribution in [-0.4, -0.2) is 38.8 Å². The Balaban J connectivity index is 1.66. The molecule has 0 aliphatic carbocycles. The standard InChI is InChI=1S/C24H27N5O/c1-2-7-23(30)29-15-6-8-19(17-29)24-27-21(18-11-13-25-14-12-18)16-22(28-24)26-20-9-4-3-5-10-20/h3-5,9-14,16,19H,2,6-8,15,17H2,1H3,(H,26,27,28)/t19-/m1/s1. The Hall–Kier alpha value is -3.28. The summed E-state index contributed by atoms with van der Waals surface area (Å²) >= 11 is 0. The number of para-hydroxylation sites is 1. The molecule has 2 aromatic heterocycles. The fourth-order valence-corrected chi connectivity index (χ4v) is 3.84. The van der Waals surface area contributed by atoms with E-state index in [0.29, 0.717) is 13.0 Å². The highest BCUT2D eigenvalue weighted by atomic mass is 16.2. The first-order valence-corrected chi connectivity index (χ1v) is 10.6. The minimum Gasteiger partial charge on any atom is -0.342 e. The molecule has 0 spiro atoms. The molecule has 6 nitrogen and oxygen atoms in total. The van der Waals surface area contributed by atoms with Crippen molar-refractivity contribution in [3.63, 3.8) is 0 Å². The van der Waals surface area contributed by atoms with Gasteiger partial charge in [0.1, 0.15) is 11.6 Å². The molecule has 4 rings (SSSR count). The minimum atomic E-state index is 0.137. The van der Waals surface area contributed by atoms with Gasteiger partial charge in [-0.25, -0.2) is 9.97 Å². The molecule has 1 N–H and O–H groups in total. The summed E-state index contributed by atoms with van der Waals surface area (Å²) in [5.41, 5.74) is 2.84. The molecule has 30 heavy (non-hydrogen) atoms. The maximum absolute atomic E-state index is 12.4. The quantitative estimate of drug-likeness (QED) is 0.643. The van der Waals surface area contributed by atoms with Crippen molar-refractivity contribution in [3.05, 3.63) is 66.7 Å². The molecule has 1 saturated heterocycles. The summed E-state index contributed by atoms with van der Waals surface area (Å²) in [4.78, 5) is 28.3. The highest BCUT2D eigenvalue weighted by Gasteiger charge is 2.27. The van der Waals surface area contributed by atoms with Gasteiger partial charge in [-0.2, -0.15) is 0 Å². The van der Waals surface area contributed by atoms with Crippen LogP contribution in [0.15, 0.2) is 60.9 Å². The predicted molar refractivity (Wildman–Crippen MR) is 118 cm³/mol. The molecule has 3 heterocycles. The van der Waals surface area contributed by atoms with Crippen molar-refractivity contribution < 1.29 is 4.79 Å². The number of pyridine rings is 1. The highest BCUT2D eigenvalue weighted by molar-refractivity contribution is 5.76. The zero-order chi connectivity index (χ0) is 20.8. The van der Waals surface area contributed by atoms with E-state index < -0.39 is 0 Å². The maximum atomic E-state index is 12.4. The van der Waals surface area contributed by atoms with E-state index in [-0.39, 0.29) is 11.8 Å². The molecule has 1 fully saturated rings. The first-order chi connectivity index (χ1) is 14.7. The van der Waals surface area contributed by atoms with Gasteiger partial charge < -0.3 is 10.2 Å². The molecule has 0 saturated carbocycles. The number of rotatable bonds is 6. The Morgan fingerprint density at radius 3 is 2.70 bits per heavy atom. The summed E-state index contributed by atoms with van der Waals surface area (Å²) in [5, 5.41) is 3.40. The van der Waals surface area contributed by atoms with E-state index in [2.05, 4.69) is 10.3 Å². The lowest BCUT2D eigenvalue weighted by Gasteiger charge is -2.32. The summed E-state index contributed by atoms with van der Waals surface area (Å²) in [6.07, 6.45) is 6.98. The molecule has 6 heteroatoms. The van der Waals surface area contributed by atoms with E-state index in [4.69, 9.17) is 9.97 Å². The lowest BCUT2D eigenvalue weighted by molar-refractivity contribution is -0.132. The molecule has 1 aromatic carbocycles. The molecule has 1 atom stereocenters. The van der Waals surface area contributed by atoms with E-state index in [1.54, 1.807) is 12.4 Å². The summed E-state index contributed by atoms with van der Waals surface area (Å²) in [6, 6.07) is 15.9. The highest BCUT2D eigenvalue weighted by Crippen LogP contribution is 2.29. The van der Waals surface area contributed by atoms with Crippen LogP contribution in [0.5, 0.6) is 0 Å². The predicted octanol–water partition coefficient (Wildman–Crippen LogP) is 4.79. The number of carbonyl (C=O) groups is 1. The molecule has 0 radical (unpaired) electrons. The smallest absolute Gasteiger partial charge is 0.222 e. The molecule has 1 aliphatic heterocycles. The lowest BCUT2D eigenvalue weighted by Crippen LogP contribution is -2.39. The van der Waals surface area contributed by atoms with Gasteiger partial charge in [-0.3, -0.25) is 9.78 Å². The normalized spacial score (nSPS) is 16.3. The number of carbonyl (C=O) groups excluding carboxylic acids is 1. The number of anilines is 2. The summed E-state index contributed by atoms with van der Waals surface area (Å²) in [7, 11) is 0. The van der Waals surface area contributed by atoms with Crippen molar-refractivity contribution in [2.24, 2.45) is 0 Å². The summed E-state index contributed by atoms with van der Waals surface area (Å²) < 4.78 is 0. The van der Waals surface area contributed by atoms with Gasteiger partial charge in [0.15, 0.2) is 0 Å². The Bertz CT molecular complexity index is 977. The van der Waals surface area contributed by atoms with E-state index in [1.807, 2.05) is 60.4 Å².